The van der Waals surface area contributed by atoms with Crippen LogP contribution in [0.2, 0.25) is 0 Å². The van der Waals surface area contributed by atoms with Gasteiger partial charge in [0.05, 0.1) is 11.2 Å². The number of rotatable bonds is 2. The van der Waals surface area contributed by atoms with Gasteiger partial charge in [-0.05, 0) is 103 Å². The van der Waals surface area contributed by atoms with Gasteiger partial charge < -0.3 is 10.2 Å². The van der Waals surface area contributed by atoms with Gasteiger partial charge in [-0.3, -0.25) is 0 Å². The smallest absolute Gasteiger partial charge is 0.0687 e. The molecule has 180 valence electrons. The van der Waals surface area contributed by atoms with E-state index in [9.17, 15) is 10.2 Å². The van der Waals surface area contributed by atoms with Crippen molar-refractivity contribution < 1.29 is 10.2 Å². The molecule has 4 bridgehead atoms. The van der Waals surface area contributed by atoms with Crippen LogP contribution in [0.5, 0.6) is 0 Å². The number of aliphatic hydroxyl groups is 2. The summed E-state index contributed by atoms with van der Waals surface area (Å²) in [4.78, 5) is 0. The summed E-state index contributed by atoms with van der Waals surface area (Å²) in [6.07, 6.45) is 10.8. The molecule has 0 spiro atoms. The molecule has 4 aliphatic rings. The number of hydrogen-bond donors (Lipinski definition) is 2. The summed E-state index contributed by atoms with van der Waals surface area (Å²) in [6.45, 7) is 25.6. The highest BCUT2D eigenvalue weighted by molar-refractivity contribution is 5.28. The Bertz CT molecular complexity index is 771. The monoisotopic (exact) mass is 440 g/mol. The highest BCUT2D eigenvalue weighted by Gasteiger charge is 2.53. The average Bonchev–Trinajstić information content (AvgIpc) is 2.66. The number of allylic oxidation sites excluding steroid dienone is 4. The van der Waals surface area contributed by atoms with Gasteiger partial charge in [0.1, 0.15) is 0 Å². The molecule has 0 aromatic carbocycles. The normalized spacial score (nSPS) is 47.4. The summed E-state index contributed by atoms with van der Waals surface area (Å²) in [5.41, 5.74) is 4.76. The van der Waals surface area contributed by atoms with Gasteiger partial charge in [0.25, 0.3) is 0 Å². The van der Waals surface area contributed by atoms with Crippen LogP contribution in [0.1, 0.15) is 93.9 Å². The van der Waals surface area contributed by atoms with E-state index in [0.717, 1.165) is 38.5 Å². The molecule has 2 fully saturated rings. The third-order valence-corrected chi connectivity index (χ3v) is 10.3. The fourth-order valence-electron chi connectivity index (χ4n) is 7.87. The molecule has 2 nitrogen and oxygen atoms in total. The summed E-state index contributed by atoms with van der Waals surface area (Å²) in [5, 5.41) is 21.1. The molecule has 4 aliphatic carbocycles. The molecular formula is C30H48O2. The molecule has 32 heavy (non-hydrogen) atoms. The van der Waals surface area contributed by atoms with Crippen molar-refractivity contribution in [2.75, 3.05) is 0 Å². The first-order chi connectivity index (χ1) is 14.6. The summed E-state index contributed by atoms with van der Waals surface area (Å²) < 4.78 is 0. The molecule has 2 saturated carbocycles. The van der Waals surface area contributed by atoms with Crippen molar-refractivity contribution >= 4 is 0 Å². The van der Waals surface area contributed by atoms with Crippen molar-refractivity contribution in [2.45, 2.75) is 105 Å². The first kappa shape index (κ1) is 25.5. The molecule has 2 N–H and O–H groups in total. The van der Waals surface area contributed by atoms with Crippen LogP contribution in [0, 0.1) is 34.5 Å². The molecule has 0 aromatic heterocycles. The van der Waals surface area contributed by atoms with E-state index in [2.05, 4.69) is 66.9 Å². The van der Waals surface area contributed by atoms with Crippen molar-refractivity contribution in [1.29, 1.82) is 0 Å². The second-order valence-corrected chi connectivity index (χ2v) is 12.6. The Kier molecular flexibility index (Phi) is 6.59. The third-order valence-electron chi connectivity index (χ3n) is 10.3. The van der Waals surface area contributed by atoms with Crippen LogP contribution < -0.4 is 0 Å². The van der Waals surface area contributed by atoms with E-state index < -0.39 is 11.2 Å². The van der Waals surface area contributed by atoms with Gasteiger partial charge in [-0.25, -0.2) is 0 Å². The zero-order valence-electron chi connectivity index (χ0n) is 22.0. The molecule has 0 heterocycles. The van der Waals surface area contributed by atoms with Gasteiger partial charge in [-0.1, -0.05) is 61.4 Å². The maximum absolute atomic E-state index is 10.6. The van der Waals surface area contributed by atoms with E-state index in [4.69, 9.17) is 0 Å². The Morgan fingerprint density at radius 2 is 1.06 bits per heavy atom. The van der Waals surface area contributed by atoms with Crippen LogP contribution in [0.3, 0.4) is 0 Å². The van der Waals surface area contributed by atoms with E-state index in [1.807, 2.05) is 13.8 Å². The predicted octanol–water partition coefficient (Wildman–Crippen LogP) is 7.39. The van der Waals surface area contributed by atoms with E-state index in [-0.39, 0.29) is 10.8 Å². The fourth-order valence-corrected chi connectivity index (χ4v) is 7.87. The molecule has 0 aromatic rings. The molecule has 0 unspecified atom stereocenters. The van der Waals surface area contributed by atoms with Crippen LogP contribution in [0.25, 0.3) is 0 Å². The van der Waals surface area contributed by atoms with E-state index in [1.54, 1.807) is 0 Å². The zero-order chi connectivity index (χ0) is 24.3. The van der Waals surface area contributed by atoms with E-state index in [1.165, 1.54) is 22.3 Å². The van der Waals surface area contributed by atoms with E-state index >= 15 is 0 Å². The van der Waals surface area contributed by atoms with Crippen molar-refractivity contribution in [3.05, 3.63) is 47.6 Å². The Hall–Kier alpha value is -1.12. The lowest BCUT2D eigenvalue weighted by molar-refractivity contribution is -0.0808. The van der Waals surface area contributed by atoms with Crippen molar-refractivity contribution in [2.24, 2.45) is 34.5 Å². The topological polar surface area (TPSA) is 40.5 Å². The maximum Gasteiger partial charge on any atom is 0.0687 e. The largest absolute Gasteiger partial charge is 0.390 e. The van der Waals surface area contributed by atoms with Gasteiger partial charge in [0, 0.05) is 11.8 Å². The minimum absolute atomic E-state index is 0.242. The van der Waals surface area contributed by atoms with Gasteiger partial charge in [-0.2, -0.15) is 0 Å². The summed E-state index contributed by atoms with van der Waals surface area (Å²) >= 11 is 0. The zero-order valence-corrected chi connectivity index (χ0v) is 22.0. The lowest BCUT2D eigenvalue weighted by Crippen LogP contribution is -2.51. The number of hydrogen-bond acceptors (Lipinski definition) is 2. The first-order valence-electron chi connectivity index (χ1n) is 12.7. The van der Waals surface area contributed by atoms with Crippen LogP contribution in [-0.2, 0) is 0 Å². The molecule has 0 saturated heterocycles. The van der Waals surface area contributed by atoms with Crippen LogP contribution in [-0.4, -0.2) is 21.4 Å². The highest BCUT2D eigenvalue weighted by atomic mass is 16.3. The lowest BCUT2D eigenvalue weighted by atomic mass is 9.51. The van der Waals surface area contributed by atoms with Gasteiger partial charge in [0.15, 0.2) is 0 Å². The minimum Gasteiger partial charge on any atom is -0.390 e. The summed E-state index contributed by atoms with van der Waals surface area (Å²) in [6, 6.07) is 0. The third kappa shape index (κ3) is 4.00. The van der Waals surface area contributed by atoms with Crippen LogP contribution in [0.4, 0.5) is 0 Å². The molecule has 2 heteroatoms. The highest BCUT2D eigenvalue weighted by Crippen LogP contribution is 2.59. The molecule has 8 atom stereocenters. The van der Waals surface area contributed by atoms with Crippen molar-refractivity contribution in [3.63, 3.8) is 0 Å². The first-order valence-corrected chi connectivity index (χ1v) is 12.7. The second-order valence-electron chi connectivity index (χ2n) is 12.6. The standard InChI is InChI=1S/2C15H24O/c2*1-10(2)15-7-6-11(3)13(9-15)14(5,16)8-12(15)4/h2*6,12-13,16H,1,7-9H2,2-5H3/t12-,13-,14+,15-;12-,13-,14-,15-/m11/s1. The minimum atomic E-state index is -0.528. The van der Waals surface area contributed by atoms with Crippen LogP contribution in [0.15, 0.2) is 47.6 Å². The fraction of sp³-hybridized carbons (Fsp3) is 0.733. The average molecular weight is 441 g/mol. The maximum atomic E-state index is 10.6. The van der Waals surface area contributed by atoms with Crippen molar-refractivity contribution in [3.8, 4) is 0 Å². The van der Waals surface area contributed by atoms with Gasteiger partial charge in [-0.15, -0.1) is 0 Å². The van der Waals surface area contributed by atoms with Crippen LogP contribution >= 0.6 is 0 Å². The predicted molar refractivity (Wildman–Crippen MR) is 136 cm³/mol. The summed E-state index contributed by atoms with van der Waals surface area (Å²) in [7, 11) is 0. The SMILES string of the molecule is C=C(C)[C@@]12CC=C(C)[C@@H](C1)[C@@](C)(O)C[C@H]2C.C=C(C)[C@@]12CC=C(C)[C@@H](C1)[C@](C)(O)C[C@H]2C. The van der Waals surface area contributed by atoms with E-state index in [0.29, 0.717) is 23.7 Å². The molecular weight excluding hydrogens is 392 g/mol. The molecule has 4 rings (SSSR count). The Balaban J connectivity index is 0.000000181. The quantitative estimate of drug-likeness (QED) is 0.439. The Labute approximate surface area is 197 Å². The molecule has 0 amide bonds. The molecule has 0 aliphatic heterocycles. The lowest BCUT2D eigenvalue weighted by Gasteiger charge is -2.55. The van der Waals surface area contributed by atoms with Gasteiger partial charge in [0.2, 0.25) is 0 Å². The second kappa shape index (κ2) is 8.27. The van der Waals surface area contributed by atoms with Crippen molar-refractivity contribution in [1.82, 2.24) is 0 Å². The Morgan fingerprint density at radius 1 is 0.750 bits per heavy atom. The van der Waals surface area contributed by atoms with Gasteiger partial charge >= 0.3 is 0 Å². The summed E-state index contributed by atoms with van der Waals surface area (Å²) in [5.74, 6) is 1.71. The molecule has 0 radical (unpaired) electrons. The Morgan fingerprint density at radius 3 is 1.34 bits per heavy atom. The number of fused-ring (bicyclic) bond motifs is 4.